The third-order valence-electron chi connectivity index (χ3n) is 2.65. The molecule has 0 radical (unpaired) electrons. The van der Waals surface area contributed by atoms with Crippen LogP contribution in [-0.2, 0) is 9.47 Å². The van der Waals surface area contributed by atoms with Gasteiger partial charge >= 0.3 is 0 Å². The summed E-state index contributed by atoms with van der Waals surface area (Å²) in [6, 6.07) is 9.84. The summed E-state index contributed by atoms with van der Waals surface area (Å²) in [5.41, 5.74) is 0. The van der Waals surface area contributed by atoms with Crippen molar-refractivity contribution in [3.63, 3.8) is 0 Å². The van der Waals surface area contributed by atoms with Crippen molar-refractivity contribution >= 4 is 0 Å². The van der Waals surface area contributed by atoms with Crippen LogP contribution in [-0.4, -0.2) is 32.5 Å². The molecule has 0 N–H and O–H groups in total. The SMILES string of the molecule is CCC(C)OCCOCCCOc1ccccc1. The smallest absolute Gasteiger partial charge is 0.119 e. The maximum Gasteiger partial charge on any atom is 0.119 e. The Balaban J connectivity index is 1.87. The van der Waals surface area contributed by atoms with Gasteiger partial charge in [-0.25, -0.2) is 0 Å². The molecule has 0 aliphatic rings. The molecule has 1 rings (SSSR count). The first-order chi connectivity index (χ1) is 8.83. The second-order valence-electron chi connectivity index (χ2n) is 4.22. The van der Waals surface area contributed by atoms with Gasteiger partial charge in [0.2, 0.25) is 0 Å². The van der Waals surface area contributed by atoms with Crippen molar-refractivity contribution in [3.8, 4) is 5.75 Å². The van der Waals surface area contributed by atoms with Gasteiger partial charge in [0, 0.05) is 13.0 Å². The largest absolute Gasteiger partial charge is 0.494 e. The molecule has 1 atom stereocenters. The molecular formula is C15H24O3. The summed E-state index contributed by atoms with van der Waals surface area (Å²) in [5.74, 6) is 0.914. The lowest BCUT2D eigenvalue weighted by molar-refractivity contribution is 0.00894. The highest BCUT2D eigenvalue weighted by atomic mass is 16.5. The Morgan fingerprint density at radius 2 is 1.78 bits per heavy atom. The van der Waals surface area contributed by atoms with Crippen LogP contribution in [0.2, 0.25) is 0 Å². The van der Waals surface area contributed by atoms with E-state index in [1.165, 1.54) is 0 Å². The number of rotatable bonds is 10. The van der Waals surface area contributed by atoms with Gasteiger partial charge in [-0.05, 0) is 25.5 Å². The van der Waals surface area contributed by atoms with Crippen molar-refractivity contribution in [2.75, 3.05) is 26.4 Å². The number of ether oxygens (including phenoxy) is 3. The van der Waals surface area contributed by atoms with E-state index in [0.717, 1.165) is 25.2 Å². The van der Waals surface area contributed by atoms with E-state index in [9.17, 15) is 0 Å². The summed E-state index contributed by atoms with van der Waals surface area (Å²) in [5, 5.41) is 0. The molecule has 0 bridgehead atoms. The summed E-state index contributed by atoms with van der Waals surface area (Å²) >= 11 is 0. The fourth-order valence-corrected chi connectivity index (χ4v) is 1.40. The van der Waals surface area contributed by atoms with Crippen molar-refractivity contribution in [3.05, 3.63) is 30.3 Å². The number of hydrogen-bond acceptors (Lipinski definition) is 3. The molecule has 18 heavy (non-hydrogen) atoms. The van der Waals surface area contributed by atoms with Crippen LogP contribution in [0.3, 0.4) is 0 Å². The molecule has 102 valence electrons. The van der Waals surface area contributed by atoms with Crippen LogP contribution in [0, 0.1) is 0 Å². The zero-order valence-corrected chi connectivity index (χ0v) is 11.4. The van der Waals surface area contributed by atoms with Gasteiger partial charge in [0.25, 0.3) is 0 Å². The second-order valence-corrected chi connectivity index (χ2v) is 4.22. The van der Waals surface area contributed by atoms with Crippen molar-refractivity contribution in [1.29, 1.82) is 0 Å². The van der Waals surface area contributed by atoms with Crippen molar-refractivity contribution in [2.24, 2.45) is 0 Å². The highest BCUT2D eigenvalue weighted by Gasteiger charge is 1.97. The van der Waals surface area contributed by atoms with Crippen LogP contribution in [0.15, 0.2) is 30.3 Å². The van der Waals surface area contributed by atoms with Crippen molar-refractivity contribution in [1.82, 2.24) is 0 Å². The molecular weight excluding hydrogens is 228 g/mol. The van der Waals surface area contributed by atoms with Gasteiger partial charge in [0.15, 0.2) is 0 Å². The Hall–Kier alpha value is -1.06. The van der Waals surface area contributed by atoms with Gasteiger partial charge in [0.05, 0.1) is 25.9 Å². The average Bonchev–Trinajstić information content (AvgIpc) is 2.42. The zero-order chi connectivity index (χ0) is 13.1. The van der Waals surface area contributed by atoms with E-state index in [1.807, 2.05) is 30.3 Å². The minimum absolute atomic E-state index is 0.329. The molecule has 0 spiro atoms. The van der Waals surface area contributed by atoms with Crippen LogP contribution in [0.25, 0.3) is 0 Å². The van der Waals surface area contributed by atoms with Gasteiger partial charge < -0.3 is 14.2 Å². The first-order valence-corrected chi connectivity index (χ1v) is 6.70. The summed E-state index contributed by atoms with van der Waals surface area (Å²) in [7, 11) is 0. The Labute approximate surface area is 110 Å². The predicted octanol–water partition coefficient (Wildman–Crippen LogP) is 3.29. The third kappa shape index (κ3) is 7.30. The molecule has 1 aromatic rings. The fraction of sp³-hybridized carbons (Fsp3) is 0.600. The summed E-state index contributed by atoms with van der Waals surface area (Å²) in [6.45, 7) is 6.94. The zero-order valence-electron chi connectivity index (χ0n) is 11.4. The van der Waals surface area contributed by atoms with Crippen LogP contribution >= 0.6 is 0 Å². The van der Waals surface area contributed by atoms with Crippen molar-refractivity contribution in [2.45, 2.75) is 32.8 Å². The van der Waals surface area contributed by atoms with E-state index < -0.39 is 0 Å². The van der Waals surface area contributed by atoms with Crippen molar-refractivity contribution < 1.29 is 14.2 Å². The highest BCUT2D eigenvalue weighted by Crippen LogP contribution is 2.08. The fourth-order valence-electron chi connectivity index (χ4n) is 1.40. The highest BCUT2D eigenvalue weighted by molar-refractivity contribution is 5.20. The Kier molecular flexibility index (Phi) is 8.26. The quantitative estimate of drug-likeness (QED) is 0.598. The molecule has 3 heteroatoms. The Bertz CT molecular complexity index is 287. The monoisotopic (exact) mass is 252 g/mol. The summed E-state index contributed by atoms with van der Waals surface area (Å²) in [6.07, 6.45) is 2.28. The molecule has 3 nitrogen and oxygen atoms in total. The minimum atomic E-state index is 0.329. The van der Waals surface area contributed by atoms with E-state index in [0.29, 0.717) is 25.9 Å². The topological polar surface area (TPSA) is 27.7 Å². The molecule has 0 amide bonds. The molecule has 0 fully saturated rings. The lowest BCUT2D eigenvalue weighted by Gasteiger charge is -2.10. The number of benzene rings is 1. The number of hydrogen-bond donors (Lipinski definition) is 0. The van der Waals surface area contributed by atoms with Gasteiger partial charge in [-0.2, -0.15) is 0 Å². The third-order valence-corrected chi connectivity index (χ3v) is 2.65. The van der Waals surface area contributed by atoms with Crippen LogP contribution in [0.1, 0.15) is 26.7 Å². The van der Waals surface area contributed by atoms with Gasteiger partial charge in [-0.15, -0.1) is 0 Å². The van der Waals surface area contributed by atoms with E-state index >= 15 is 0 Å². The maximum absolute atomic E-state index is 5.56. The molecule has 0 saturated carbocycles. The summed E-state index contributed by atoms with van der Waals surface area (Å²) < 4.78 is 16.5. The summed E-state index contributed by atoms with van der Waals surface area (Å²) in [4.78, 5) is 0. The van der Waals surface area contributed by atoms with E-state index in [4.69, 9.17) is 14.2 Å². The lowest BCUT2D eigenvalue weighted by atomic mass is 10.3. The average molecular weight is 252 g/mol. The van der Waals surface area contributed by atoms with E-state index in [-0.39, 0.29) is 0 Å². The normalized spacial score (nSPS) is 12.3. The number of para-hydroxylation sites is 1. The molecule has 0 aromatic heterocycles. The van der Waals surface area contributed by atoms with E-state index in [2.05, 4.69) is 13.8 Å². The standard InChI is InChI=1S/C15H24O3/c1-3-14(2)17-13-12-16-10-7-11-18-15-8-5-4-6-9-15/h4-6,8-9,14H,3,7,10-13H2,1-2H3. The first kappa shape index (κ1) is 15.0. The van der Waals surface area contributed by atoms with Gasteiger partial charge in [0.1, 0.15) is 5.75 Å². The van der Waals surface area contributed by atoms with Crippen LogP contribution in [0.5, 0.6) is 5.75 Å². The predicted molar refractivity (Wildman–Crippen MR) is 73.1 cm³/mol. The maximum atomic E-state index is 5.56. The van der Waals surface area contributed by atoms with Gasteiger partial charge in [-0.1, -0.05) is 25.1 Å². The molecule has 0 heterocycles. The molecule has 0 saturated heterocycles. The van der Waals surface area contributed by atoms with E-state index in [1.54, 1.807) is 0 Å². The molecule has 0 aliphatic heterocycles. The minimum Gasteiger partial charge on any atom is -0.494 e. The van der Waals surface area contributed by atoms with Crippen LogP contribution in [0.4, 0.5) is 0 Å². The Morgan fingerprint density at radius 3 is 2.50 bits per heavy atom. The molecule has 1 aromatic carbocycles. The van der Waals surface area contributed by atoms with Crippen LogP contribution < -0.4 is 4.74 Å². The lowest BCUT2D eigenvalue weighted by Crippen LogP contribution is -2.13. The molecule has 1 unspecified atom stereocenters. The first-order valence-electron chi connectivity index (χ1n) is 6.70. The Morgan fingerprint density at radius 1 is 1.00 bits per heavy atom. The second kappa shape index (κ2) is 9.92. The molecule has 0 aliphatic carbocycles. The van der Waals surface area contributed by atoms with Gasteiger partial charge in [-0.3, -0.25) is 0 Å².